The summed E-state index contributed by atoms with van der Waals surface area (Å²) in [6.45, 7) is 2.07. The van der Waals surface area contributed by atoms with Crippen LogP contribution >= 0.6 is 0 Å². The summed E-state index contributed by atoms with van der Waals surface area (Å²) in [5.41, 5.74) is 3.38. The van der Waals surface area contributed by atoms with Crippen molar-refractivity contribution >= 4 is 11.3 Å². The Morgan fingerprint density at radius 3 is 2.33 bits per heavy atom. The van der Waals surface area contributed by atoms with Gasteiger partial charge in [0.1, 0.15) is 0 Å². The van der Waals surface area contributed by atoms with Gasteiger partial charge in [-0.05, 0) is 18.3 Å². The van der Waals surface area contributed by atoms with Gasteiger partial charge in [0, 0.05) is 38.4 Å². The van der Waals surface area contributed by atoms with E-state index in [2.05, 4.69) is 24.4 Å². The Hall–Kier alpha value is -0.916. The predicted octanol–water partition coefficient (Wildman–Crippen LogP) is 4.41. The van der Waals surface area contributed by atoms with Crippen LogP contribution in [0.3, 0.4) is 0 Å². The van der Waals surface area contributed by atoms with Crippen LogP contribution < -0.4 is 5.32 Å². The molecule has 0 heterocycles. The normalized spacial score (nSPS) is 9.94. The summed E-state index contributed by atoms with van der Waals surface area (Å²) in [7, 11) is 0. The molecule has 0 spiro atoms. The van der Waals surface area contributed by atoms with Gasteiger partial charge in [-0.3, -0.25) is 0 Å². The monoisotopic (exact) mass is 312 g/mol. The molecular formula is C16H17NY-2. The second-order valence-electron chi connectivity index (χ2n) is 3.61. The second-order valence-corrected chi connectivity index (χ2v) is 3.61. The molecule has 2 rings (SSSR count). The minimum atomic E-state index is 0. The van der Waals surface area contributed by atoms with Crippen LogP contribution in [0.25, 0.3) is 5.57 Å². The molecule has 0 saturated heterocycles. The summed E-state index contributed by atoms with van der Waals surface area (Å²) in [4.78, 5) is 0. The minimum Gasteiger partial charge on any atom is -0.370 e. The van der Waals surface area contributed by atoms with Gasteiger partial charge in [-0.2, -0.15) is 0 Å². The number of rotatable bonds is 3. The molecule has 1 radical (unpaired) electrons. The first-order valence-corrected chi connectivity index (χ1v) is 5.32. The van der Waals surface area contributed by atoms with E-state index in [1.54, 1.807) is 0 Å². The Balaban J connectivity index is 0.00000144. The number of anilines is 1. The first-order valence-electron chi connectivity index (χ1n) is 5.32. The van der Waals surface area contributed by atoms with Crippen molar-refractivity contribution < 1.29 is 32.7 Å². The number of nitrogens with one attached hydrogen (secondary N) is 1. The van der Waals surface area contributed by atoms with Gasteiger partial charge in [0.25, 0.3) is 0 Å². The molecule has 0 aliphatic carbocycles. The SMILES string of the molecule is C/C(=C\Nc1ccccc1)c1[c-]cccc1.[CH3-].[Y]. The number of para-hydroxylation sites is 1. The topological polar surface area (TPSA) is 12.0 Å². The van der Waals surface area contributed by atoms with Crippen LogP contribution in [0.4, 0.5) is 5.69 Å². The van der Waals surface area contributed by atoms with E-state index in [-0.39, 0.29) is 40.1 Å². The molecule has 91 valence electrons. The molecular weight excluding hydrogens is 295 g/mol. The molecule has 0 aliphatic heterocycles. The summed E-state index contributed by atoms with van der Waals surface area (Å²) in [5.74, 6) is 0. The van der Waals surface area contributed by atoms with E-state index >= 15 is 0 Å². The fourth-order valence-corrected chi connectivity index (χ4v) is 1.44. The van der Waals surface area contributed by atoms with Crippen LogP contribution in [0.5, 0.6) is 0 Å². The average Bonchev–Trinajstić information content (AvgIpc) is 2.38. The van der Waals surface area contributed by atoms with Crippen LogP contribution in [-0.2, 0) is 32.7 Å². The van der Waals surface area contributed by atoms with E-state index in [9.17, 15) is 0 Å². The molecule has 1 N–H and O–H groups in total. The van der Waals surface area contributed by atoms with Gasteiger partial charge in [-0.1, -0.05) is 25.1 Å². The van der Waals surface area contributed by atoms with Gasteiger partial charge in [0.15, 0.2) is 0 Å². The minimum absolute atomic E-state index is 0. The van der Waals surface area contributed by atoms with Crippen LogP contribution in [-0.4, -0.2) is 0 Å². The Morgan fingerprint density at radius 2 is 1.72 bits per heavy atom. The van der Waals surface area contributed by atoms with Crippen LogP contribution in [0.1, 0.15) is 12.5 Å². The maximum absolute atomic E-state index is 3.26. The molecule has 0 unspecified atom stereocenters. The van der Waals surface area contributed by atoms with Gasteiger partial charge >= 0.3 is 0 Å². The van der Waals surface area contributed by atoms with Crippen LogP contribution in [0.2, 0.25) is 0 Å². The molecule has 0 bridgehead atoms. The predicted molar refractivity (Wildman–Crippen MR) is 75.4 cm³/mol. The van der Waals surface area contributed by atoms with Crippen molar-refractivity contribution in [1.29, 1.82) is 0 Å². The van der Waals surface area contributed by atoms with Gasteiger partial charge in [-0.15, -0.1) is 41.5 Å². The van der Waals surface area contributed by atoms with Crippen molar-refractivity contribution in [2.75, 3.05) is 5.32 Å². The fourth-order valence-electron chi connectivity index (χ4n) is 1.44. The van der Waals surface area contributed by atoms with E-state index in [0.717, 1.165) is 11.3 Å². The summed E-state index contributed by atoms with van der Waals surface area (Å²) < 4.78 is 0. The van der Waals surface area contributed by atoms with Crippen molar-refractivity contribution in [2.45, 2.75) is 6.92 Å². The smallest absolute Gasteiger partial charge is 0.0373 e. The Morgan fingerprint density at radius 1 is 1.06 bits per heavy atom. The van der Waals surface area contributed by atoms with Crippen LogP contribution in [0, 0.1) is 13.5 Å². The Kier molecular flexibility index (Phi) is 8.61. The number of hydrogen-bond acceptors (Lipinski definition) is 1. The van der Waals surface area contributed by atoms with E-state index in [1.165, 1.54) is 5.57 Å². The second kappa shape index (κ2) is 9.07. The summed E-state index contributed by atoms with van der Waals surface area (Å²) in [6.07, 6.45) is 2.00. The zero-order valence-corrected chi connectivity index (χ0v) is 13.7. The molecule has 0 amide bonds. The van der Waals surface area contributed by atoms with Crippen molar-refractivity contribution in [2.24, 2.45) is 0 Å². The summed E-state index contributed by atoms with van der Waals surface area (Å²) in [6, 6.07) is 21.3. The zero-order valence-electron chi connectivity index (χ0n) is 10.9. The molecule has 0 atom stereocenters. The third kappa shape index (κ3) is 5.16. The van der Waals surface area contributed by atoms with Gasteiger partial charge < -0.3 is 12.7 Å². The third-order valence-electron chi connectivity index (χ3n) is 2.36. The molecule has 2 aromatic rings. The summed E-state index contributed by atoms with van der Waals surface area (Å²) >= 11 is 0. The van der Waals surface area contributed by atoms with Crippen LogP contribution in [0.15, 0.2) is 60.8 Å². The fraction of sp³-hybridized carbons (Fsp3) is 0.0625. The average molecular weight is 312 g/mol. The number of hydrogen-bond donors (Lipinski definition) is 1. The zero-order chi connectivity index (χ0) is 11.2. The largest absolute Gasteiger partial charge is 0.370 e. The van der Waals surface area contributed by atoms with E-state index in [4.69, 9.17) is 0 Å². The van der Waals surface area contributed by atoms with E-state index < -0.39 is 0 Å². The quantitative estimate of drug-likeness (QED) is 0.828. The summed E-state index contributed by atoms with van der Waals surface area (Å²) in [5, 5.41) is 3.26. The maximum Gasteiger partial charge on any atom is 0.0373 e. The molecule has 0 fully saturated rings. The first kappa shape index (κ1) is 17.1. The molecule has 0 aliphatic rings. The van der Waals surface area contributed by atoms with E-state index in [0.29, 0.717) is 0 Å². The first-order chi connectivity index (χ1) is 7.86. The van der Waals surface area contributed by atoms with Crippen molar-refractivity contribution in [3.05, 3.63) is 79.9 Å². The van der Waals surface area contributed by atoms with E-state index in [1.807, 2.05) is 54.7 Å². The van der Waals surface area contributed by atoms with Crippen molar-refractivity contribution in [3.8, 4) is 0 Å². The van der Waals surface area contributed by atoms with Crippen molar-refractivity contribution in [3.63, 3.8) is 0 Å². The van der Waals surface area contributed by atoms with Gasteiger partial charge in [0.05, 0.1) is 0 Å². The molecule has 2 heteroatoms. The molecule has 0 saturated carbocycles. The maximum atomic E-state index is 3.26. The van der Waals surface area contributed by atoms with Crippen molar-refractivity contribution in [1.82, 2.24) is 0 Å². The standard InChI is InChI=1S/C15H14N.CH3.Y/c1-13(14-8-4-2-5-9-14)12-16-15-10-6-3-7-11-15;;/h2-8,10-12,16H,1H3;1H3;/q2*-1;/b13-12+;;. The molecule has 2 aromatic carbocycles. The van der Waals surface area contributed by atoms with Gasteiger partial charge in [0.2, 0.25) is 0 Å². The van der Waals surface area contributed by atoms with Gasteiger partial charge in [-0.25, -0.2) is 0 Å². The number of allylic oxidation sites excluding steroid dienone is 1. The Labute approximate surface area is 135 Å². The molecule has 1 nitrogen and oxygen atoms in total. The molecule has 0 aromatic heterocycles. The number of benzene rings is 2. The molecule has 18 heavy (non-hydrogen) atoms. The third-order valence-corrected chi connectivity index (χ3v) is 2.36. The Bertz CT molecular complexity index is 463.